The zero-order valence-electron chi connectivity index (χ0n) is 14.3. The number of hydrogen-bond acceptors (Lipinski definition) is 1. The smallest absolute Gasteiger partial charge is 0.130 e. The van der Waals surface area contributed by atoms with Crippen LogP contribution < -0.4 is 5.32 Å². The number of benzene rings is 1. The Hall–Kier alpha value is -1.38. The first-order chi connectivity index (χ1) is 10.3. The lowest BCUT2D eigenvalue weighted by atomic mass is 9.96. The maximum absolute atomic E-state index is 14.0. The molecule has 0 amide bonds. The van der Waals surface area contributed by atoms with Gasteiger partial charge in [0.25, 0.3) is 0 Å². The molecule has 1 N–H and O–H groups in total. The molecule has 0 aliphatic carbocycles. The maximum atomic E-state index is 14.0. The molecule has 0 fully saturated rings. The molecule has 0 aliphatic rings. The van der Waals surface area contributed by atoms with Crippen LogP contribution >= 0.6 is 0 Å². The minimum Gasteiger partial charge on any atom is -0.385 e. The fraction of sp³-hybridized carbons (Fsp3) is 0.579. The summed E-state index contributed by atoms with van der Waals surface area (Å²) < 4.78 is 27.8. The van der Waals surface area contributed by atoms with Crippen LogP contribution in [-0.2, 0) is 5.67 Å². The zero-order valence-corrected chi connectivity index (χ0v) is 14.3. The second kappa shape index (κ2) is 8.30. The summed E-state index contributed by atoms with van der Waals surface area (Å²) >= 11 is 0. The average molecular weight is 309 g/mol. The number of halogens is 2. The molecule has 22 heavy (non-hydrogen) atoms. The molecule has 0 heterocycles. The van der Waals surface area contributed by atoms with Crippen molar-refractivity contribution in [3.63, 3.8) is 0 Å². The summed E-state index contributed by atoms with van der Waals surface area (Å²) in [6.07, 6.45) is 4.64. The topological polar surface area (TPSA) is 12.0 Å². The van der Waals surface area contributed by atoms with Crippen molar-refractivity contribution < 1.29 is 8.78 Å². The predicted molar refractivity (Wildman–Crippen MR) is 90.9 cm³/mol. The van der Waals surface area contributed by atoms with E-state index in [9.17, 15) is 8.78 Å². The fourth-order valence-electron chi connectivity index (χ4n) is 2.64. The molecule has 0 saturated heterocycles. The van der Waals surface area contributed by atoms with Gasteiger partial charge < -0.3 is 5.32 Å². The summed E-state index contributed by atoms with van der Waals surface area (Å²) in [5, 5.41) is 3.29. The molecule has 0 aliphatic heterocycles. The van der Waals surface area contributed by atoms with Gasteiger partial charge in [-0.1, -0.05) is 33.3 Å². The minimum atomic E-state index is -1.57. The van der Waals surface area contributed by atoms with Crippen molar-refractivity contribution in [2.45, 2.75) is 59.0 Å². The Kier molecular flexibility index (Phi) is 7.05. The van der Waals surface area contributed by atoms with Crippen LogP contribution in [0.2, 0.25) is 0 Å². The second-order valence-corrected chi connectivity index (χ2v) is 6.50. The van der Waals surface area contributed by atoms with E-state index in [0.29, 0.717) is 22.7 Å². The highest BCUT2D eigenvalue weighted by atomic mass is 19.1. The van der Waals surface area contributed by atoms with Crippen molar-refractivity contribution in [2.75, 3.05) is 6.54 Å². The molecule has 124 valence electrons. The van der Waals surface area contributed by atoms with Crippen molar-refractivity contribution in [1.29, 1.82) is 0 Å². The van der Waals surface area contributed by atoms with Crippen LogP contribution in [0.25, 0.3) is 5.70 Å². The molecule has 0 radical (unpaired) electrons. The number of hydrogen-bond donors (Lipinski definition) is 1. The Morgan fingerprint density at radius 2 is 1.77 bits per heavy atom. The molecule has 0 unspecified atom stereocenters. The van der Waals surface area contributed by atoms with Crippen LogP contribution in [0.5, 0.6) is 0 Å². The van der Waals surface area contributed by atoms with Crippen LogP contribution in [0.15, 0.2) is 24.8 Å². The Balaban J connectivity index is 2.79. The molecular formula is C19H29F2N. The largest absolute Gasteiger partial charge is 0.385 e. The molecule has 1 aromatic carbocycles. The molecule has 0 bridgehead atoms. The van der Waals surface area contributed by atoms with Crippen LogP contribution in [-0.4, -0.2) is 6.54 Å². The van der Waals surface area contributed by atoms with E-state index in [0.717, 1.165) is 19.4 Å². The van der Waals surface area contributed by atoms with Gasteiger partial charge in [-0.3, -0.25) is 0 Å². The highest BCUT2D eigenvalue weighted by molar-refractivity contribution is 5.62. The van der Waals surface area contributed by atoms with E-state index in [4.69, 9.17) is 0 Å². The lowest BCUT2D eigenvalue weighted by molar-refractivity contribution is 0.220. The SMILES string of the molecule is C=C(NCC(CCC)CCC)c1cc(F)cc(C(C)(C)F)c1. The third-order valence-corrected chi connectivity index (χ3v) is 3.93. The minimum absolute atomic E-state index is 0.337. The molecular weight excluding hydrogens is 280 g/mol. The van der Waals surface area contributed by atoms with E-state index < -0.39 is 11.5 Å². The van der Waals surface area contributed by atoms with Crippen LogP contribution in [0.4, 0.5) is 8.78 Å². The van der Waals surface area contributed by atoms with Crippen LogP contribution in [0, 0.1) is 11.7 Å². The standard InChI is InChI=1S/C19H29F2N/c1-6-8-15(9-7-2)13-22-14(3)16-10-17(19(4,5)21)12-18(20)11-16/h10-12,15,22H,3,6-9,13H2,1-2,4-5H3. The summed E-state index contributed by atoms with van der Waals surface area (Å²) in [7, 11) is 0. The molecule has 0 saturated carbocycles. The van der Waals surface area contributed by atoms with Gasteiger partial charge in [0.1, 0.15) is 11.5 Å². The van der Waals surface area contributed by atoms with Crippen molar-refractivity contribution in [2.24, 2.45) is 5.92 Å². The molecule has 1 rings (SSSR count). The fourth-order valence-corrected chi connectivity index (χ4v) is 2.64. The zero-order chi connectivity index (χ0) is 16.8. The van der Waals surface area contributed by atoms with Gasteiger partial charge in [0.2, 0.25) is 0 Å². The van der Waals surface area contributed by atoms with Gasteiger partial charge in [0.15, 0.2) is 0 Å². The Morgan fingerprint density at radius 1 is 1.18 bits per heavy atom. The van der Waals surface area contributed by atoms with E-state index in [1.165, 1.54) is 38.8 Å². The number of rotatable bonds is 9. The number of nitrogens with one attached hydrogen (secondary N) is 1. The molecule has 0 spiro atoms. The number of alkyl halides is 1. The Labute approximate surface area is 133 Å². The van der Waals surface area contributed by atoms with Crippen molar-refractivity contribution >= 4 is 5.70 Å². The lowest BCUT2D eigenvalue weighted by Gasteiger charge is -2.20. The van der Waals surface area contributed by atoms with E-state index in [2.05, 4.69) is 25.7 Å². The summed E-state index contributed by atoms with van der Waals surface area (Å²) in [4.78, 5) is 0. The molecule has 3 heteroatoms. The highest BCUT2D eigenvalue weighted by Gasteiger charge is 2.20. The van der Waals surface area contributed by atoms with E-state index in [-0.39, 0.29) is 0 Å². The summed E-state index contributed by atoms with van der Waals surface area (Å²) in [6, 6.07) is 4.32. The quantitative estimate of drug-likeness (QED) is 0.607. The van der Waals surface area contributed by atoms with Gasteiger partial charge in [0.05, 0.1) is 0 Å². The van der Waals surface area contributed by atoms with Crippen molar-refractivity contribution in [3.8, 4) is 0 Å². The summed E-state index contributed by atoms with van der Waals surface area (Å²) in [6.45, 7) is 12.0. The average Bonchev–Trinajstić information content (AvgIpc) is 2.43. The van der Waals surface area contributed by atoms with Gasteiger partial charge >= 0.3 is 0 Å². The van der Waals surface area contributed by atoms with Gasteiger partial charge in [0, 0.05) is 17.8 Å². The van der Waals surface area contributed by atoms with Crippen LogP contribution in [0.3, 0.4) is 0 Å². The lowest BCUT2D eigenvalue weighted by Crippen LogP contribution is -2.21. The third kappa shape index (κ3) is 5.78. The van der Waals surface area contributed by atoms with E-state index in [1.54, 1.807) is 6.07 Å². The van der Waals surface area contributed by atoms with Crippen molar-refractivity contribution in [1.82, 2.24) is 5.32 Å². The van der Waals surface area contributed by atoms with Gasteiger partial charge in [-0.15, -0.1) is 0 Å². The third-order valence-electron chi connectivity index (χ3n) is 3.93. The van der Waals surface area contributed by atoms with Gasteiger partial charge in [-0.2, -0.15) is 0 Å². The molecule has 1 aromatic rings. The van der Waals surface area contributed by atoms with Gasteiger partial charge in [-0.25, -0.2) is 8.78 Å². The van der Waals surface area contributed by atoms with Gasteiger partial charge in [-0.05, 0) is 56.4 Å². The predicted octanol–water partition coefficient (Wildman–Crippen LogP) is 5.81. The van der Waals surface area contributed by atoms with E-state index in [1.807, 2.05) is 0 Å². The monoisotopic (exact) mass is 309 g/mol. The maximum Gasteiger partial charge on any atom is 0.130 e. The molecule has 0 atom stereocenters. The van der Waals surface area contributed by atoms with Crippen molar-refractivity contribution in [3.05, 3.63) is 41.7 Å². The highest BCUT2D eigenvalue weighted by Crippen LogP contribution is 2.27. The molecule has 0 aromatic heterocycles. The van der Waals surface area contributed by atoms with Crippen LogP contribution in [0.1, 0.15) is 64.5 Å². The summed E-state index contributed by atoms with van der Waals surface area (Å²) in [5.74, 6) is 0.164. The summed E-state index contributed by atoms with van der Waals surface area (Å²) in [5.41, 5.74) is 0.0446. The Morgan fingerprint density at radius 3 is 2.27 bits per heavy atom. The second-order valence-electron chi connectivity index (χ2n) is 6.50. The normalized spacial score (nSPS) is 11.8. The Bertz CT molecular complexity index is 483. The first-order valence-electron chi connectivity index (χ1n) is 8.21. The molecule has 1 nitrogen and oxygen atoms in total. The van der Waals surface area contributed by atoms with E-state index >= 15 is 0 Å². The first kappa shape index (κ1) is 18.7. The first-order valence-corrected chi connectivity index (χ1v) is 8.21.